The minimum absolute atomic E-state index is 0.338. The van der Waals surface area contributed by atoms with Crippen molar-refractivity contribution in [3.05, 3.63) is 11.9 Å². The fourth-order valence-electron chi connectivity index (χ4n) is 0.626. The Morgan fingerprint density at radius 3 is 3.11 bits per heavy atom. The van der Waals surface area contributed by atoms with Crippen LogP contribution in [0.3, 0.4) is 0 Å². The minimum Gasteiger partial charge on any atom is -0.393 e. The number of aromatic nitrogens is 3. The number of rotatable bonds is 2. The van der Waals surface area contributed by atoms with Crippen LogP contribution in [0.5, 0.6) is 0 Å². The summed E-state index contributed by atoms with van der Waals surface area (Å²) in [7, 11) is 0. The van der Waals surface area contributed by atoms with Gasteiger partial charge in [0, 0.05) is 6.42 Å². The Kier molecular flexibility index (Phi) is 1.79. The van der Waals surface area contributed by atoms with Gasteiger partial charge in [-0.3, -0.25) is 0 Å². The van der Waals surface area contributed by atoms with Gasteiger partial charge in [0.15, 0.2) is 0 Å². The van der Waals surface area contributed by atoms with Crippen LogP contribution in [0.15, 0.2) is 6.20 Å². The van der Waals surface area contributed by atoms with Gasteiger partial charge < -0.3 is 5.11 Å². The number of hydrogen-bond acceptors (Lipinski definition) is 3. The first-order valence-corrected chi connectivity index (χ1v) is 2.82. The molecule has 0 saturated heterocycles. The highest BCUT2D eigenvalue weighted by molar-refractivity contribution is 4.91. The lowest BCUT2D eigenvalue weighted by atomic mass is 10.2. The number of aliphatic hydroxyl groups excluding tert-OH is 1. The van der Waals surface area contributed by atoms with Crippen molar-refractivity contribution in [2.24, 2.45) is 0 Å². The monoisotopic (exact) mass is 127 g/mol. The van der Waals surface area contributed by atoms with E-state index in [4.69, 9.17) is 5.11 Å². The van der Waals surface area contributed by atoms with Crippen molar-refractivity contribution in [1.29, 1.82) is 0 Å². The first-order chi connectivity index (χ1) is 4.29. The number of hydrogen-bond donors (Lipinski definition) is 2. The van der Waals surface area contributed by atoms with Crippen molar-refractivity contribution in [1.82, 2.24) is 15.4 Å². The normalized spacial score (nSPS) is 13.6. The molecule has 4 nitrogen and oxygen atoms in total. The van der Waals surface area contributed by atoms with Crippen molar-refractivity contribution in [2.75, 3.05) is 0 Å². The van der Waals surface area contributed by atoms with Crippen LogP contribution < -0.4 is 0 Å². The van der Waals surface area contributed by atoms with Gasteiger partial charge in [0.05, 0.1) is 18.0 Å². The largest absolute Gasteiger partial charge is 0.393 e. The zero-order valence-corrected chi connectivity index (χ0v) is 5.20. The molecule has 1 heterocycles. The van der Waals surface area contributed by atoms with E-state index in [1.165, 1.54) is 0 Å². The summed E-state index contributed by atoms with van der Waals surface area (Å²) in [5.41, 5.74) is 0.796. The summed E-state index contributed by atoms with van der Waals surface area (Å²) in [4.78, 5) is 0. The Hall–Kier alpha value is -0.900. The van der Waals surface area contributed by atoms with Gasteiger partial charge in [-0.2, -0.15) is 15.4 Å². The summed E-state index contributed by atoms with van der Waals surface area (Å²) >= 11 is 0. The highest BCUT2D eigenvalue weighted by Gasteiger charge is 1.99. The second kappa shape index (κ2) is 2.59. The van der Waals surface area contributed by atoms with Crippen LogP contribution in [0.2, 0.25) is 0 Å². The predicted molar refractivity (Wildman–Crippen MR) is 31.8 cm³/mol. The van der Waals surface area contributed by atoms with Crippen LogP contribution >= 0.6 is 0 Å². The average Bonchev–Trinajstić information content (AvgIpc) is 2.15. The van der Waals surface area contributed by atoms with E-state index in [0.717, 1.165) is 5.69 Å². The molecule has 0 spiro atoms. The van der Waals surface area contributed by atoms with Gasteiger partial charge >= 0.3 is 0 Å². The van der Waals surface area contributed by atoms with Crippen LogP contribution in [0.1, 0.15) is 12.6 Å². The van der Waals surface area contributed by atoms with Crippen molar-refractivity contribution in [3.8, 4) is 0 Å². The summed E-state index contributed by atoms with van der Waals surface area (Å²) in [6, 6.07) is 0. The molecule has 0 aromatic carbocycles. The summed E-state index contributed by atoms with van der Waals surface area (Å²) in [6.07, 6.45) is 1.83. The van der Waals surface area contributed by atoms with Crippen LogP contribution in [-0.4, -0.2) is 26.6 Å². The van der Waals surface area contributed by atoms with Crippen molar-refractivity contribution in [2.45, 2.75) is 19.4 Å². The molecule has 0 aliphatic heterocycles. The van der Waals surface area contributed by atoms with E-state index < -0.39 is 0 Å². The van der Waals surface area contributed by atoms with Crippen LogP contribution in [0.25, 0.3) is 0 Å². The molecule has 0 aliphatic rings. The quantitative estimate of drug-likeness (QED) is 0.574. The third-order valence-electron chi connectivity index (χ3n) is 0.969. The average molecular weight is 127 g/mol. The lowest BCUT2D eigenvalue weighted by Crippen LogP contribution is -2.04. The van der Waals surface area contributed by atoms with Gasteiger partial charge in [0.1, 0.15) is 0 Å². The van der Waals surface area contributed by atoms with Gasteiger partial charge in [-0.1, -0.05) is 0 Å². The Morgan fingerprint density at radius 1 is 1.89 bits per heavy atom. The van der Waals surface area contributed by atoms with E-state index in [-0.39, 0.29) is 6.10 Å². The molecule has 0 radical (unpaired) electrons. The maximum atomic E-state index is 8.84. The molecule has 1 rings (SSSR count). The fourth-order valence-corrected chi connectivity index (χ4v) is 0.626. The molecule has 0 saturated carbocycles. The molecular formula is C5H9N3O. The van der Waals surface area contributed by atoms with Crippen molar-refractivity contribution >= 4 is 0 Å². The third-order valence-corrected chi connectivity index (χ3v) is 0.969. The SMILES string of the molecule is CC(O)Cc1cn[nH]n1. The van der Waals surface area contributed by atoms with Crippen molar-refractivity contribution in [3.63, 3.8) is 0 Å². The summed E-state index contributed by atoms with van der Waals surface area (Å²) in [5.74, 6) is 0. The predicted octanol–water partition coefficient (Wildman–Crippen LogP) is -0.272. The molecule has 0 amide bonds. The number of aliphatic hydroxyl groups is 1. The van der Waals surface area contributed by atoms with Gasteiger partial charge in [0.2, 0.25) is 0 Å². The van der Waals surface area contributed by atoms with Crippen LogP contribution in [0, 0.1) is 0 Å². The molecule has 0 bridgehead atoms. The minimum atomic E-state index is -0.338. The summed E-state index contributed by atoms with van der Waals surface area (Å²) in [6.45, 7) is 1.72. The molecule has 50 valence electrons. The Balaban J connectivity index is 2.48. The topological polar surface area (TPSA) is 61.8 Å². The Labute approximate surface area is 52.9 Å². The summed E-state index contributed by atoms with van der Waals surface area (Å²) < 4.78 is 0. The van der Waals surface area contributed by atoms with Crippen LogP contribution in [-0.2, 0) is 6.42 Å². The van der Waals surface area contributed by atoms with E-state index in [2.05, 4.69) is 15.4 Å². The second-order valence-electron chi connectivity index (χ2n) is 2.01. The number of aromatic amines is 1. The highest BCUT2D eigenvalue weighted by Crippen LogP contribution is 1.93. The molecule has 1 aromatic heterocycles. The maximum Gasteiger partial charge on any atom is 0.0850 e. The standard InChI is InChI=1S/C5H9N3O/c1-4(9)2-5-3-6-8-7-5/h3-4,9H,2H2,1H3,(H,6,7,8). The van der Waals surface area contributed by atoms with Gasteiger partial charge in [-0.25, -0.2) is 0 Å². The van der Waals surface area contributed by atoms with E-state index in [1.807, 2.05) is 0 Å². The lowest BCUT2D eigenvalue weighted by Gasteiger charge is -1.96. The van der Waals surface area contributed by atoms with E-state index >= 15 is 0 Å². The first kappa shape index (κ1) is 6.22. The number of nitrogens with zero attached hydrogens (tertiary/aromatic N) is 2. The summed E-state index contributed by atoms with van der Waals surface area (Å²) in [5, 5.41) is 18.7. The number of nitrogens with one attached hydrogen (secondary N) is 1. The van der Waals surface area contributed by atoms with Gasteiger partial charge in [0.25, 0.3) is 0 Å². The maximum absolute atomic E-state index is 8.84. The molecule has 9 heavy (non-hydrogen) atoms. The lowest BCUT2D eigenvalue weighted by molar-refractivity contribution is 0.194. The zero-order chi connectivity index (χ0) is 6.69. The van der Waals surface area contributed by atoms with Crippen molar-refractivity contribution < 1.29 is 5.11 Å². The molecular weight excluding hydrogens is 118 g/mol. The zero-order valence-electron chi connectivity index (χ0n) is 5.20. The van der Waals surface area contributed by atoms with Crippen LogP contribution in [0.4, 0.5) is 0 Å². The molecule has 1 unspecified atom stereocenters. The van der Waals surface area contributed by atoms with Gasteiger partial charge in [-0.15, -0.1) is 0 Å². The molecule has 0 fully saturated rings. The molecule has 1 aromatic rings. The van der Waals surface area contributed by atoms with E-state index in [1.54, 1.807) is 13.1 Å². The highest BCUT2D eigenvalue weighted by atomic mass is 16.3. The molecule has 1 atom stereocenters. The number of H-pyrrole nitrogens is 1. The van der Waals surface area contributed by atoms with Gasteiger partial charge in [-0.05, 0) is 6.92 Å². The fraction of sp³-hybridized carbons (Fsp3) is 0.600. The Morgan fingerprint density at radius 2 is 2.67 bits per heavy atom. The smallest absolute Gasteiger partial charge is 0.0850 e. The van der Waals surface area contributed by atoms with E-state index in [0.29, 0.717) is 6.42 Å². The third kappa shape index (κ3) is 1.81. The molecule has 0 aliphatic carbocycles. The first-order valence-electron chi connectivity index (χ1n) is 2.82. The van der Waals surface area contributed by atoms with E-state index in [9.17, 15) is 0 Å². The Bertz CT molecular complexity index is 159. The molecule has 4 heteroatoms. The molecule has 2 N–H and O–H groups in total. The second-order valence-corrected chi connectivity index (χ2v) is 2.01.